The lowest BCUT2D eigenvalue weighted by Gasteiger charge is -2.34. The van der Waals surface area contributed by atoms with E-state index in [1.54, 1.807) is 28.4 Å². The Kier molecular flexibility index (Phi) is 12.8. The first-order valence-corrected chi connectivity index (χ1v) is 15.1. The van der Waals surface area contributed by atoms with Crippen LogP contribution in [0.15, 0.2) is 48.2 Å². The van der Waals surface area contributed by atoms with Crippen molar-refractivity contribution in [2.45, 2.75) is 65.1 Å². The molecule has 4 rings (SSSR count). The van der Waals surface area contributed by atoms with Gasteiger partial charge in [0.05, 0.1) is 59.2 Å². The fourth-order valence-electron chi connectivity index (χ4n) is 5.29. The predicted octanol–water partition coefficient (Wildman–Crippen LogP) is 5.11. The predicted molar refractivity (Wildman–Crippen MR) is 168 cm³/mol. The average Bonchev–Trinajstić information content (AvgIpc) is 3.00. The molecule has 3 N–H and O–H groups in total. The zero-order valence-electron chi connectivity index (χ0n) is 27.1. The van der Waals surface area contributed by atoms with Gasteiger partial charge in [0, 0.05) is 12.5 Å². The van der Waals surface area contributed by atoms with Crippen molar-refractivity contribution in [2.75, 3.05) is 35.0 Å². The van der Waals surface area contributed by atoms with Crippen LogP contribution in [0.4, 0.5) is 0 Å². The summed E-state index contributed by atoms with van der Waals surface area (Å²) in [5.41, 5.74) is 1.87. The van der Waals surface area contributed by atoms with Crippen molar-refractivity contribution in [3.05, 3.63) is 59.4 Å². The first-order valence-electron chi connectivity index (χ1n) is 15.1. The molecule has 10 heteroatoms. The summed E-state index contributed by atoms with van der Waals surface area (Å²) in [6.07, 6.45) is 2.76. The van der Waals surface area contributed by atoms with E-state index in [9.17, 15) is 14.7 Å². The number of piperidine rings is 1. The van der Waals surface area contributed by atoms with Crippen molar-refractivity contribution in [3.63, 3.8) is 0 Å². The minimum absolute atomic E-state index is 0.0766. The molecule has 1 saturated heterocycles. The molecule has 2 aromatic carbocycles. The van der Waals surface area contributed by atoms with Crippen molar-refractivity contribution in [2.24, 2.45) is 17.8 Å². The Labute approximate surface area is 261 Å². The molecule has 1 fully saturated rings. The van der Waals surface area contributed by atoms with E-state index in [-0.39, 0.29) is 29.8 Å². The number of ether oxygens (including phenoxy) is 5. The van der Waals surface area contributed by atoms with Gasteiger partial charge in [0.25, 0.3) is 0 Å². The van der Waals surface area contributed by atoms with Crippen LogP contribution in [0, 0.1) is 17.8 Å². The first kappa shape index (κ1) is 34.6. The first-order chi connectivity index (χ1) is 21.0. The van der Waals surface area contributed by atoms with Crippen LogP contribution in [-0.4, -0.2) is 58.1 Å². The normalized spacial score (nSPS) is 21.4. The summed E-state index contributed by atoms with van der Waals surface area (Å²) in [5, 5.41) is 16.3. The molecule has 2 aromatic rings. The molecule has 0 radical (unpaired) electrons. The smallest absolute Gasteiger partial charge is 0.247 e. The van der Waals surface area contributed by atoms with Gasteiger partial charge in [-0.15, -0.1) is 0 Å². The van der Waals surface area contributed by atoms with Gasteiger partial charge in [-0.25, -0.2) is 0 Å². The van der Waals surface area contributed by atoms with Gasteiger partial charge in [-0.2, -0.15) is 0 Å². The lowest BCUT2D eigenvalue weighted by Crippen LogP contribution is -2.47. The Morgan fingerprint density at radius 2 is 1.32 bits per heavy atom. The largest absolute Gasteiger partial charge is 0.497 e. The number of rotatable bonds is 11. The number of hydrogen-bond donors (Lipinski definition) is 3. The fourth-order valence-corrected chi connectivity index (χ4v) is 5.29. The number of aliphatic hydroxyl groups excluding tert-OH is 1. The highest BCUT2D eigenvalue weighted by molar-refractivity contribution is 5.89. The number of nitrogens with one attached hydrogen (secondary N) is 2. The van der Waals surface area contributed by atoms with E-state index in [0.29, 0.717) is 60.7 Å². The lowest BCUT2D eigenvalue weighted by atomic mass is 9.83. The maximum absolute atomic E-state index is 12.3. The van der Waals surface area contributed by atoms with Gasteiger partial charge in [-0.3, -0.25) is 9.59 Å². The summed E-state index contributed by atoms with van der Waals surface area (Å²) in [7, 11) is 6.35. The van der Waals surface area contributed by atoms with Crippen LogP contribution in [-0.2, 0) is 14.3 Å². The maximum Gasteiger partial charge on any atom is 0.247 e. The quantitative estimate of drug-likeness (QED) is 0.320. The Morgan fingerprint density at radius 3 is 1.80 bits per heavy atom. The summed E-state index contributed by atoms with van der Waals surface area (Å²) in [6.45, 7) is 8.88. The van der Waals surface area contributed by atoms with Gasteiger partial charge in [0.15, 0.2) is 23.0 Å². The van der Waals surface area contributed by atoms with Crippen molar-refractivity contribution in [1.82, 2.24) is 10.6 Å². The van der Waals surface area contributed by atoms with Crippen molar-refractivity contribution >= 4 is 11.8 Å². The minimum Gasteiger partial charge on any atom is -0.497 e. The van der Waals surface area contributed by atoms with Crippen molar-refractivity contribution < 1.29 is 38.4 Å². The van der Waals surface area contributed by atoms with E-state index >= 15 is 0 Å². The van der Waals surface area contributed by atoms with Gasteiger partial charge in [0.1, 0.15) is 5.76 Å². The van der Waals surface area contributed by atoms with Gasteiger partial charge in [-0.1, -0.05) is 39.8 Å². The van der Waals surface area contributed by atoms with Gasteiger partial charge in [-0.05, 0) is 60.1 Å². The average molecular weight is 613 g/mol. The van der Waals surface area contributed by atoms with Crippen LogP contribution in [0.5, 0.6) is 23.0 Å². The van der Waals surface area contributed by atoms with Crippen molar-refractivity contribution in [1.29, 1.82) is 0 Å². The number of carbonyl (C=O) groups is 2. The second-order valence-corrected chi connectivity index (χ2v) is 11.9. The van der Waals surface area contributed by atoms with Crippen LogP contribution < -0.4 is 29.6 Å². The summed E-state index contributed by atoms with van der Waals surface area (Å²) < 4.78 is 26.8. The fraction of sp³-hybridized carbons (Fsp3) is 0.529. The highest BCUT2D eigenvalue weighted by Crippen LogP contribution is 2.35. The standard InChI is InChI=1S/C17H23NO4.C17H25NO4/c1-11(2)10-22-13-8-14(18-17(19)9-13)12-5-6-15(20-3)16(7-12)21-4;1-10(2)7-12-14(19)9-13(18-17(12)20)11-5-6-15(21-3)16(8-11)22-4/h5-7,9,11,14H,8,10H2,1-4H3,(H,18,19);5-6,8,10,12-14,19H,7,9H2,1-4H3,(H,18,20). The highest BCUT2D eigenvalue weighted by Gasteiger charge is 2.36. The molecule has 10 nitrogen and oxygen atoms in total. The molecule has 4 unspecified atom stereocenters. The van der Waals surface area contributed by atoms with Crippen LogP contribution in [0.3, 0.4) is 0 Å². The third kappa shape index (κ3) is 9.29. The zero-order chi connectivity index (χ0) is 32.4. The van der Waals surface area contributed by atoms with E-state index in [4.69, 9.17) is 23.7 Å². The summed E-state index contributed by atoms with van der Waals surface area (Å²) in [4.78, 5) is 24.1. The Morgan fingerprint density at radius 1 is 0.773 bits per heavy atom. The summed E-state index contributed by atoms with van der Waals surface area (Å²) >= 11 is 0. The van der Waals surface area contributed by atoms with Gasteiger partial charge < -0.3 is 39.4 Å². The number of methoxy groups -OCH3 is 4. The summed E-state index contributed by atoms with van der Waals surface area (Å²) in [6, 6.07) is 10.9. The number of benzene rings is 2. The molecule has 4 atom stereocenters. The van der Waals surface area contributed by atoms with Crippen LogP contribution in [0.25, 0.3) is 0 Å². The second-order valence-electron chi connectivity index (χ2n) is 11.9. The Balaban J connectivity index is 0.000000240. The van der Waals surface area contributed by atoms with Gasteiger partial charge in [0.2, 0.25) is 11.8 Å². The maximum atomic E-state index is 12.3. The summed E-state index contributed by atoms with van der Waals surface area (Å²) in [5.74, 6) is 3.56. The zero-order valence-corrected chi connectivity index (χ0v) is 27.1. The molecule has 2 amide bonds. The van der Waals surface area contributed by atoms with E-state index in [0.717, 1.165) is 16.9 Å². The van der Waals surface area contributed by atoms with Crippen LogP contribution >= 0.6 is 0 Å². The molecule has 0 aromatic heterocycles. The highest BCUT2D eigenvalue weighted by atomic mass is 16.5. The molecule has 44 heavy (non-hydrogen) atoms. The molecule has 242 valence electrons. The van der Waals surface area contributed by atoms with Gasteiger partial charge >= 0.3 is 0 Å². The monoisotopic (exact) mass is 612 g/mol. The molecular weight excluding hydrogens is 564 g/mol. The molecule has 2 heterocycles. The SMILES string of the molecule is COc1ccc(C2CC(O)C(CC(C)C)C(=O)N2)cc1OC.COc1ccc(C2CC(OCC(C)C)=CC(=O)N2)cc1OC. The second kappa shape index (κ2) is 16.2. The molecule has 2 aliphatic rings. The molecular formula is C34H48N2O8. The van der Waals surface area contributed by atoms with Crippen molar-refractivity contribution in [3.8, 4) is 23.0 Å². The Bertz CT molecular complexity index is 1290. The number of hydrogen-bond acceptors (Lipinski definition) is 8. The third-order valence-corrected chi connectivity index (χ3v) is 7.56. The van der Waals surface area contributed by atoms with E-state index in [2.05, 4.69) is 38.3 Å². The minimum atomic E-state index is -0.616. The Hall–Kier alpha value is -3.92. The number of aliphatic hydroxyl groups is 1. The van der Waals surface area contributed by atoms with E-state index in [1.165, 1.54) is 6.08 Å². The number of amides is 2. The molecule has 0 spiro atoms. The number of carbonyl (C=O) groups excluding carboxylic acids is 2. The topological polar surface area (TPSA) is 125 Å². The molecule has 0 aliphatic carbocycles. The molecule has 0 bridgehead atoms. The van der Waals surface area contributed by atoms with E-state index < -0.39 is 6.10 Å². The van der Waals surface area contributed by atoms with Crippen LogP contribution in [0.2, 0.25) is 0 Å². The van der Waals surface area contributed by atoms with E-state index in [1.807, 2.05) is 36.4 Å². The van der Waals surface area contributed by atoms with Crippen LogP contribution in [0.1, 0.15) is 70.2 Å². The third-order valence-electron chi connectivity index (χ3n) is 7.56. The molecule has 0 saturated carbocycles. The molecule has 2 aliphatic heterocycles. The lowest BCUT2D eigenvalue weighted by molar-refractivity contribution is -0.134.